The third-order valence-electron chi connectivity index (χ3n) is 3.32. The number of phenols is 2. The van der Waals surface area contributed by atoms with Gasteiger partial charge in [0.25, 0.3) is 0 Å². The van der Waals surface area contributed by atoms with Crippen LogP contribution in [0.25, 0.3) is 10.8 Å². The first-order chi connectivity index (χ1) is 12.5. The predicted molar refractivity (Wildman–Crippen MR) is 89.5 cm³/mol. The summed E-state index contributed by atoms with van der Waals surface area (Å²) in [7, 11) is -10.2. The maximum Gasteiger partial charge on any atom is 1.00 e. The molecule has 0 amide bonds. The van der Waals surface area contributed by atoms with Crippen molar-refractivity contribution in [3.63, 3.8) is 0 Å². The average Bonchev–Trinajstić information content (AvgIpc) is 3.04. The van der Waals surface area contributed by atoms with Gasteiger partial charge >= 0.3 is 59.1 Å². The molecule has 0 fully saturated rings. The minimum Gasteiger partial charge on any atom is -0.744 e. The number of thiazole rings is 1. The van der Waals surface area contributed by atoms with Crippen molar-refractivity contribution in [2.45, 2.75) is 9.79 Å². The van der Waals surface area contributed by atoms with Gasteiger partial charge in [-0.2, -0.15) is 0 Å². The van der Waals surface area contributed by atoms with Gasteiger partial charge in [-0.25, -0.2) is 21.8 Å². The van der Waals surface area contributed by atoms with Crippen LogP contribution in [0.5, 0.6) is 11.5 Å². The number of hydrogen-bond acceptors (Lipinski definition) is 12. The molecular formula is C13H7N3Na2O8S3. The second-order valence-electron chi connectivity index (χ2n) is 5.04. The van der Waals surface area contributed by atoms with E-state index in [1.807, 2.05) is 0 Å². The van der Waals surface area contributed by atoms with Crippen molar-refractivity contribution in [1.82, 2.24) is 4.98 Å². The minimum atomic E-state index is -5.19. The molecule has 3 rings (SSSR count). The molecule has 2 aromatic carbocycles. The zero-order valence-electron chi connectivity index (χ0n) is 14.8. The van der Waals surface area contributed by atoms with Gasteiger partial charge in [-0.05, 0) is 23.6 Å². The minimum absolute atomic E-state index is 0. The topological polar surface area (TPSA) is 192 Å². The summed E-state index contributed by atoms with van der Waals surface area (Å²) in [4.78, 5) is 1.87. The fourth-order valence-electron chi connectivity index (χ4n) is 2.23. The Kier molecular flexibility index (Phi) is 8.78. The van der Waals surface area contributed by atoms with E-state index >= 15 is 0 Å². The van der Waals surface area contributed by atoms with Gasteiger partial charge in [0, 0.05) is 11.6 Å². The summed E-state index contributed by atoms with van der Waals surface area (Å²) in [5, 5.41) is 28.3. The Hall–Kier alpha value is -0.650. The first kappa shape index (κ1) is 26.4. The number of benzene rings is 2. The molecule has 1 heterocycles. The molecule has 0 aliphatic heterocycles. The van der Waals surface area contributed by atoms with Gasteiger partial charge in [0.2, 0.25) is 5.13 Å². The van der Waals surface area contributed by atoms with Gasteiger partial charge in [0.15, 0.2) is 5.75 Å². The van der Waals surface area contributed by atoms with Crippen molar-refractivity contribution in [3.8, 4) is 11.5 Å². The van der Waals surface area contributed by atoms with E-state index < -0.39 is 52.6 Å². The van der Waals surface area contributed by atoms with Crippen LogP contribution in [0, 0.1) is 0 Å². The Balaban J connectivity index is 0.00000210. The van der Waals surface area contributed by atoms with E-state index in [1.165, 1.54) is 6.20 Å². The molecule has 11 nitrogen and oxygen atoms in total. The SMILES string of the molecule is O=S(=O)([O-])c1cc(O)c2c(O)c(N=Nc3nccs3)c(S(=O)(=O)[O-])cc2c1.[Na+].[Na+]. The normalized spacial score (nSPS) is 11.9. The smallest absolute Gasteiger partial charge is 0.744 e. The van der Waals surface area contributed by atoms with Crippen LogP contribution in [0.4, 0.5) is 10.8 Å². The summed E-state index contributed by atoms with van der Waals surface area (Å²) < 4.78 is 68.1. The molecule has 3 aromatic rings. The number of aromatic hydroxyl groups is 2. The summed E-state index contributed by atoms with van der Waals surface area (Å²) in [5.74, 6) is -1.77. The van der Waals surface area contributed by atoms with Crippen molar-refractivity contribution in [2.75, 3.05) is 0 Å². The van der Waals surface area contributed by atoms with Crippen LogP contribution in [0.1, 0.15) is 0 Å². The largest absolute Gasteiger partial charge is 1.00 e. The summed E-state index contributed by atoms with van der Waals surface area (Å²) in [5.41, 5.74) is -0.763. The molecule has 1 aromatic heterocycles. The molecule has 0 saturated heterocycles. The Morgan fingerprint density at radius 2 is 1.62 bits per heavy atom. The van der Waals surface area contributed by atoms with Crippen LogP contribution in [-0.4, -0.2) is 41.1 Å². The molecule has 29 heavy (non-hydrogen) atoms. The fourth-order valence-corrected chi connectivity index (χ4v) is 3.85. The number of phenolic OH excluding ortho intramolecular Hbond substituents is 2. The van der Waals surface area contributed by atoms with Gasteiger partial charge in [0.1, 0.15) is 31.7 Å². The second kappa shape index (κ2) is 9.65. The van der Waals surface area contributed by atoms with Gasteiger partial charge < -0.3 is 19.3 Å². The monoisotopic (exact) mass is 475 g/mol. The van der Waals surface area contributed by atoms with Crippen molar-refractivity contribution in [2.24, 2.45) is 10.2 Å². The zero-order chi connectivity index (χ0) is 20.0. The Morgan fingerprint density at radius 1 is 0.966 bits per heavy atom. The van der Waals surface area contributed by atoms with Crippen LogP contribution in [-0.2, 0) is 20.2 Å². The number of aromatic nitrogens is 1. The van der Waals surface area contributed by atoms with E-state index in [-0.39, 0.29) is 69.6 Å². The van der Waals surface area contributed by atoms with Crippen LogP contribution in [0.2, 0.25) is 0 Å². The first-order valence-electron chi connectivity index (χ1n) is 6.74. The molecule has 0 atom stereocenters. The van der Waals surface area contributed by atoms with Gasteiger partial charge in [-0.15, -0.1) is 21.6 Å². The molecular weight excluding hydrogens is 468 g/mol. The molecule has 0 unspecified atom stereocenters. The number of fused-ring (bicyclic) bond motifs is 1. The Labute approximate surface area is 212 Å². The number of hydrogen-bond donors (Lipinski definition) is 2. The van der Waals surface area contributed by atoms with E-state index in [0.29, 0.717) is 18.2 Å². The van der Waals surface area contributed by atoms with E-state index in [4.69, 9.17) is 0 Å². The Bertz CT molecular complexity index is 1290. The maximum atomic E-state index is 11.6. The fraction of sp³-hybridized carbons (Fsp3) is 0. The van der Waals surface area contributed by atoms with Gasteiger partial charge in [-0.3, -0.25) is 0 Å². The molecule has 0 aliphatic rings. The average molecular weight is 475 g/mol. The first-order valence-corrected chi connectivity index (χ1v) is 10.4. The summed E-state index contributed by atoms with van der Waals surface area (Å²) >= 11 is 1.04. The summed E-state index contributed by atoms with van der Waals surface area (Å²) in [6, 6.07) is 1.98. The Morgan fingerprint density at radius 3 is 2.14 bits per heavy atom. The molecule has 16 heteroatoms. The van der Waals surface area contributed by atoms with E-state index in [0.717, 1.165) is 11.3 Å². The summed E-state index contributed by atoms with van der Waals surface area (Å²) in [6.45, 7) is 0. The van der Waals surface area contributed by atoms with Crippen molar-refractivity contribution in [1.29, 1.82) is 0 Å². The number of azo groups is 1. The molecule has 0 aliphatic carbocycles. The van der Waals surface area contributed by atoms with Crippen molar-refractivity contribution < 1.29 is 95.3 Å². The molecule has 0 radical (unpaired) electrons. The number of rotatable bonds is 4. The summed E-state index contributed by atoms with van der Waals surface area (Å²) in [6.07, 6.45) is 1.39. The zero-order valence-corrected chi connectivity index (χ0v) is 21.2. The van der Waals surface area contributed by atoms with Crippen LogP contribution >= 0.6 is 11.3 Å². The predicted octanol–water partition coefficient (Wildman–Crippen LogP) is -4.06. The number of nitrogens with zero attached hydrogens (tertiary/aromatic N) is 3. The van der Waals surface area contributed by atoms with Crippen LogP contribution in [0.3, 0.4) is 0 Å². The van der Waals surface area contributed by atoms with E-state index in [9.17, 15) is 36.2 Å². The molecule has 2 N–H and O–H groups in total. The second-order valence-corrected chi connectivity index (χ2v) is 8.64. The van der Waals surface area contributed by atoms with Crippen LogP contribution < -0.4 is 59.1 Å². The molecule has 0 spiro atoms. The quantitative estimate of drug-likeness (QED) is 0.215. The van der Waals surface area contributed by atoms with E-state index in [1.54, 1.807) is 5.38 Å². The van der Waals surface area contributed by atoms with Crippen molar-refractivity contribution >= 4 is 53.2 Å². The van der Waals surface area contributed by atoms with Gasteiger partial charge in [0.05, 0.1) is 15.2 Å². The van der Waals surface area contributed by atoms with E-state index in [2.05, 4.69) is 15.2 Å². The standard InChI is InChI=1S/C13H9N3O8S3.2Na/c17-8-5-7(26(19,20)21)3-6-4-9(27(22,23)24)11(12(18)10(6)8)15-16-13-14-1-2-25-13;;/h1-5,17-18H,(H,19,20,21)(H,22,23,24);;/q;2*+1/p-2. The van der Waals surface area contributed by atoms with Crippen molar-refractivity contribution in [3.05, 3.63) is 29.8 Å². The maximum absolute atomic E-state index is 11.6. The van der Waals surface area contributed by atoms with Crippen LogP contribution in [0.15, 0.2) is 49.8 Å². The third-order valence-corrected chi connectivity index (χ3v) is 5.63. The third kappa shape index (κ3) is 5.74. The molecule has 0 saturated carbocycles. The molecule has 142 valence electrons. The molecule has 0 bridgehead atoms. The van der Waals surface area contributed by atoms with Gasteiger partial charge in [-0.1, -0.05) is 0 Å².